The molecule has 1 N–H and O–H groups in total. The Morgan fingerprint density at radius 3 is 2.81 bits per heavy atom. The van der Waals surface area contributed by atoms with Gasteiger partial charge in [-0.1, -0.05) is 36.5 Å². The Kier molecular flexibility index (Phi) is 5.06. The number of aliphatic carboxylic acids is 1. The molecule has 2 heterocycles. The maximum Gasteiger partial charge on any atom is 0.326 e. The molecule has 0 bridgehead atoms. The third-order valence-electron chi connectivity index (χ3n) is 3.89. The monoisotopic (exact) mass is 330 g/mol. The first-order valence-electron chi connectivity index (χ1n) is 6.78. The highest BCUT2D eigenvalue weighted by atomic mass is 35.5. The highest BCUT2D eigenvalue weighted by Crippen LogP contribution is 2.28. The quantitative estimate of drug-likeness (QED) is 0.864. The van der Waals surface area contributed by atoms with Crippen molar-refractivity contribution in [3.63, 3.8) is 0 Å². The molecule has 2 unspecified atom stereocenters. The van der Waals surface area contributed by atoms with Crippen LogP contribution in [0.2, 0.25) is 10.2 Å². The lowest BCUT2D eigenvalue weighted by Crippen LogP contribution is -2.50. The number of piperidine rings is 1. The van der Waals surface area contributed by atoms with Gasteiger partial charge in [0.15, 0.2) is 0 Å². The van der Waals surface area contributed by atoms with E-state index in [1.807, 2.05) is 6.92 Å². The summed E-state index contributed by atoms with van der Waals surface area (Å²) in [7, 11) is 0. The fourth-order valence-electron chi connectivity index (χ4n) is 2.62. The molecule has 0 aromatic carbocycles. The van der Waals surface area contributed by atoms with Crippen molar-refractivity contribution in [1.29, 1.82) is 0 Å². The van der Waals surface area contributed by atoms with Crippen molar-refractivity contribution in [2.45, 2.75) is 32.2 Å². The van der Waals surface area contributed by atoms with E-state index in [0.717, 1.165) is 12.8 Å². The standard InChI is InChI=1S/C14H16Cl2N2O3/c1-2-8-3-4-18(11(5-8)14(20)21)13(19)9-6-12(16)17-7-10(9)15/h6-8,11H,2-5H2,1H3,(H,20,21). The van der Waals surface area contributed by atoms with E-state index in [0.29, 0.717) is 18.9 Å². The van der Waals surface area contributed by atoms with Gasteiger partial charge in [0.1, 0.15) is 11.2 Å². The largest absolute Gasteiger partial charge is 0.480 e. The molecular formula is C14H16Cl2N2O3. The van der Waals surface area contributed by atoms with E-state index in [1.165, 1.54) is 17.2 Å². The molecule has 5 nitrogen and oxygen atoms in total. The number of carbonyl (C=O) groups excluding carboxylic acids is 1. The summed E-state index contributed by atoms with van der Waals surface area (Å²) < 4.78 is 0. The van der Waals surface area contributed by atoms with Crippen molar-refractivity contribution in [3.05, 3.63) is 28.0 Å². The summed E-state index contributed by atoms with van der Waals surface area (Å²) in [5.41, 5.74) is 0.192. The van der Waals surface area contributed by atoms with Crippen LogP contribution in [0.1, 0.15) is 36.5 Å². The summed E-state index contributed by atoms with van der Waals surface area (Å²) in [5.74, 6) is -1.07. The Morgan fingerprint density at radius 1 is 1.48 bits per heavy atom. The number of amides is 1. The number of hydrogen-bond acceptors (Lipinski definition) is 3. The minimum Gasteiger partial charge on any atom is -0.480 e. The lowest BCUT2D eigenvalue weighted by atomic mass is 9.88. The van der Waals surface area contributed by atoms with Crippen LogP contribution in [-0.4, -0.2) is 39.5 Å². The Hall–Kier alpha value is -1.33. The Bertz CT molecular complexity index is 565. The second-order valence-corrected chi connectivity index (χ2v) is 5.93. The summed E-state index contributed by atoms with van der Waals surface area (Å²) in [6.07, 6.45) is 3.47. The third kappa shape index (κ3) is 3.47. The smallest absolute Gasteiger partial charge is 0.326 e. The van der Waals surface area contributed by atoms with Gasteiger partial charge >= 0.3 is 5.97 Å². The van der Waals surface area contributed by atoms with E-state index < -0.39 is 17.9 Å². The predicted molar refractivity (Wildman–Crippen MR) is 79.7 cm³/mol. The number of aromatic nitrogens is 1. The van der Waals surface area contributed by atoms with Crippen LogP contribution >= 0.6 is 23.2 Å². The van der Waals surface area contributed by atoms with E-state index in [1.54, 1.807) is 0 Å². The summed E-state index contributed by atoms with van der Waals surface area (Å²) in [6.45, 7) is 2.44. The highest BCUT2D eigenvalue weighted by molar-refractivity contribution is 6.35. The van der Waals surface area contributed by atoms with Crippen LogP contribution in [0.3, 0.4) is 0 Å². The number of halogens is 2. The van der Waals surface area contributed by atoms with Gasteiger partial charge in [0, 0.05) is 12.7 Å². The fourth-order valence-corrected chi connectivity index (χ4v) is 2.96. The number of likely N-dealkylation sites (tertiary alicyclic amines) is 1. The SMILES string of the molecule is CCC1CCN(C(=O)c2cc(Cl)ncc2Cl)C(C(=O)O)C1. The number of carbonyl (C=O) groups is 2. The second-order valence-electron chi connectivity index (χ2n) is 5.14. The number of carboxylic acids is 1. The Balaban J connectivity index is 2.28. The first-order chi connectivity index (χ1) is 9.93. The van der Waals surface area contributed by atoms with Gasteiger partial charge in [-0.3, -0.25) is 4.79 Å². The topological polar surface area (TPSA) is 70.5 Å². The van der Waals surface area contributed by atoms with Crippen molar-refractivity contribution < 1.29 is 14.7 Å². The van der Waals surface area contributed by atoms with Gasteiger partial charge in [0.25, 0.3) is 5.91 Å². The van der Waals surface area contributed by atoms with Crippen LogP contribution in [-0.2, 0) is 4.79 Å². The molecule has 0 spiro atoms. The van der Waals surface area contributed by atoms with E-state index in [2.05, 4.69) is 4.98 Å². The van der Waals surface area contributed by atoms with Gasteiger partial charge in [-0.15, -0.1) is 0 Å². The molecule has 21 heavy (non-hydrogen) atoms. The lowest BCUT2D eigenvalue weighted by Gasteiger charge is -2.37. The minimum absolute atomic E-state index is 0.151. The third-order valence-corrected chi connectivity index (χ3v) is 4.39. The van der Waals surface area contributed by atoms with Crippen molar-refractivity contribution in [2.24, 2.45) is 5.92 Å². The molecule has 2 atom stereocenters. The van der Waals surface area contributed by atoms with Crippen LogP contribution in [0, 0.1) is 5.92 Å². The molecule has 1 amide bonds. The predicted octanol–water partition coefficient (Wildman–Crippen LogP) is 3.10. The van der Waals surface area contributed by atoms with Gasteiger partial charge < -0.3 is 10.0 Å². The molecule has 1 fully saturated rings. The zero-order chi connectivity index (χ0) is 15.6. The molecule has 0 aliphatic carbocycles. The fraction of sp³-hybridized carbons (Fsp3) is 0.500. The van der Waals surface area contributed by atoms with Gasteiger partial charge in [-0.05, 0) is 24.8 Å². The first kappa shape index (κ1) is 16.0. The molecule has 1 aliphatic heterocycles. The first-order valence-corrected chi connectivity index (χ1v) is 7.54. The van der Waals surface area contributed by atoms with E-state index in [4.69, 9.17) is 23.2 Å². The molecule has 1 saturated heterocycles. The van der Waals surface area contributed by atoms with E-state index in [9.17, 15) is 14.7 Å². The van der Waals surface area contributed by atoms with Crippen molar-refractivity contribution in [3.8, 4) is 0 Å². The molecule has 2 rings (SSSR count). The van der Waals surface area contributed by atoms with Gasteiger partial charge in [0.05, 0.1) is 10.6 Å². The van der Waals surface area contributed by atoms with Crippen LogP contribution in [0.5, 0.6) is 0 Å². The Morgan fingerprint density at radius 2 is 2.19 bits per heavy atom. The number of hydrogen-bond donors (Lipinski definition) is 1. The second kappa shape index (κ2) is 6.62. The summed E-state index contributed by atoms with van der Waals surface area (Å²) >= 11 is 11.8. The maximum absolute atomic E-state index is 12.6. The van der Waals surface area contributed by atoms with E-state index >= 15 is 0 Å². The molecular weight excluding hydrogens is 315 g/mol. The number of rotatable bonds is 3. The van der Waals surface area contributed by atoms with Crippen molar-refractivity contribution in [2.75, 3.05) is 6.54 Å². The molecule has 114 valence electrons. The van der Waals surface area contributed by atoms with Crippen molar-refractivity contribution >= 4 is 35.1 Å². The van der Waals surface area contributed by atoms with Gasteiger partial charge in [-0.2, -0.15) is 0 Å². The van der Waals surface area contributed by atoms with Gasteiger partial charge in [0.2, 0.25) is 0 Å². The molecule has 0 saturated carbocycles. The molecule has 7 heteroatoms. The number of carboxylic acid groups (broad SMARTS) is 1. The van der Waals surface area contributed by atoms with Crippen LogP contribution in [0.25, 0.3) is 0 Å². The molecule has 0 radical (unpaired) electrons. The van der Waals surface area contributed by atoms with Crippen LogP contribution in [0.4, 0.5) is 0 Å². The average Bonchev–Trinajstić information content (AvgIpc) is 2.48. The van der Waals surface area contributed by atoms with Crippen molar-refractivity contribution in [1.82, 2.24) is 9.88 Å². The summed E-state index contributed by atoms with van der Waals surface area (Å²) in [4.78, 5) is 29.2. The minimum atomic E-state index is -0.988. The highest BCUT2D eigenvalue weighted by Gasteiger charge is 2.36. The summed E-state index contributed by atoms with van der Waals surface area (Å²) in [5, 5.41) is 9.70. The van der Waals surface area contributed by atoms with Crippen LogP contribution < -0.4 is 0 Å². The molecule has 1 aliphatic rings. The number of nitrogens with zero attached hydrogens (tertiary/aromatic N) is 2. The molecule has 1 aromatic rings. The normalized spacial score (nSPS) is 22.1. The lowest BCUT2D eigenvalue weighted by molar-refractivity contribution is -0.144. The van der Waals surface area contributed by atoms with Crippen LogP contribution in [0.15, 0.2) is 12.3 Å². The zero-order valence-electron chi connectivity index (χ0n) is 11.6. The Labute approximate surface area is 132 Å². The van der Waals surface area contributed by atoms with Gasteiger partial charge in [-0.25, -0.2) is 9.78 Å². The maximum atomic E-state index is 12.6. The van der Waals surface area contributed by atoms with E-state index in [-0.39, 0.29) is 15.7 Å². The average molecular weight is 331 g/mol. The number of pyridine rings is 1. The summed E-state index contributed by atoms with van der Waals surface area (Å²) in [6, 6.07) is 0.552. The zero-order valence-corrected chi connectivity index (χ0v) is 13.1. The molecule has 1 aromatic heterocycles.